The molecule has 3 rings (SSSR count). The monoisotopic (exact) mass is 464 g/mol. The lowest BCUT2D eigenvalue weighted by molar-refractivity contribution is -0.385. The van der Waals surface area contributed by atoms with Crippen molar-refractivity contribution in [2.75, 3.05) is 39.3 Å². The van der Waals surface area contributed by atoms with Crippen molar-refractivity contribution < 1.29 is 14.5 Å². The van der Waals surface area contributed by atoms with Crippen LogP contribution in [0.3, 0.4) is 0 Å². The molecule has 1 saturated heterocycles. The first-order chi connectivity index (χ1) is 14.8. The van der Waals surface area contributed by atoms with Gasteiger partial charge >= 0.3 is 0 Å². The minimum Gasteiger partial charge on any atom is -0.351 e. The highest BCUT2D eigenvalue weighted by atomic mass is 35.5. The summed E-state index contributed by atoms with van der Waals surface area (Å²) in [6.07, 6.45) is 0. The summed E-state index contributed by atoms with van der Waals surface area (Å²) in [7, 11) is 0. The summed E-state index contributed by atoms with van der Waals surface area (Å²) < 4.78 is 0. The second kappa shape index (κ2) is 10.1. The molecule has 1 aliphatic heterocycles. The van der Waals surface area contributed by atoms with Gasteiger partial charge in [-0.15, -0.1) is 0 Å². The highest BCUT2D eigenvalue weighted by molar-refractivity contribution is 6.36. The van der Waals surface area contributed by atoms with E-state index in [0.717, 1.165) is 0 Å². The maximum absolute atomic E-state index is 12.7. The summed E-state index contributed by atoms with van der Waals surface area (Å²) in [5.41, 5.74) is 1.15. The number of rotatable bonds is 6. The fraction of sp³-hybridized carbons (Fsp3) is 0.333. The molecular weight excluding hydrogens is 443 g/mol. The lowest BCUT2D eigenvalue weighted by atomic mass is 10.1. The van der Waals surface area contributed by atoms with E-state index < -0.39 is 4.92 Å². The van der Waals surface area contributed by atoms with Crippen molar-refractivity contribution in [1.82, 2.24) is 15.1 Å². The molecule has 1 aliphatic rings. The van der Waals surface area contributed by atoms with Crippen LogP contribution >= 0.6 is 23.2 Å². The Kier molecular flexibility index (Phi) is 7.48. The number of carbonyl (C=O) groups excluding carboxylic acids is 2. The van der Waals surface area contributed by atoms with E-state index in [0.29, 0.717) is 66.0 Å². The Morgan fingerprint density at radius 3 is 2.45 bits per heavy atom. The van der Waals surface area contributed by atoms with Crippen LogP contribution in [0.2, 0.25) is 10.0 Å². The van der Waals surface area contributed by atoms with Gasteiger partial charge in [-0.25, -0.2) is 0 Å². The molecule has 0 aromatic heterocycles. The van der Waals surface area contributed by atoms with Crippen molar-refractivity contribution >= 4 is 40.7 Å². The highest BCUT2D eigenvalue weighted by Gasteiger charge is 2.24. The largest absolute Gasteiger partial charge is 0.351 e. The topological polar surface area (TPSA) is 95.8 Å². The van der Waals surface area contributed by atoms with Gasteiger partial charge in [0.25, 0.3) is 17.5 Å². The number of carbonyl (C=O) groups is 2. The maximum Gasteiger partial charge on any atom is 0.273 e. The first kappa shape index (κ1) is 23.0. The second-order valence-electron chi connectivity index (χ2n) is 7.27. The van der Waals surface area contributed by atoms with Gasteiger partial charge in [-0.05, 0) is 31.2 Å². The normalized spacial score (nSPS) is 14.4. The Hall–Kier alpha value is -2.68. The summed E-state index contributed by atoms with van der Waals surface area (Å²) in [5, 5.41) is 14.7. The zero-order chi connectivity index (χ0) is 22.5. The molecule has 0 radical (unpaired) electrons. The Morgan fingerprint density at radius 2 is 1.81 bits per heavy atom. The first-order valence-electron chi connectivity index (χ1n) is 9.76. The van der Waals surface area contributed by atoms with Crippen molar-refractivity contribution in [1.29, 1.82) is 0 Å². The quantitative estimate of drug-likeness (QED) is 0.521. The van der Waals surface area contributed by atoms with Crippen LogP contribution in [0.4, 0.5) is 5.69 Å². The Bertz CT molecular complexity index is 1010. The molecule has 0 bridgehead atoms. The number of nitro benzene ring substituents is 1. The average Bonchev–Trinajstić information content (AvgIpc) is 2.73. The van der Waals surface area contributed by atoms with E-state index in [1.54, 1.807) is 36.1 Å². The third kappa shape index (κ3) is 5.72. The lowest BCUT2D eigenvalue weighted by Crippen LogP contribution is -2.50. The number of aryl methyl sites for hydroxylation is 1. The molecular formula is C21H22Cl2N4O4. The number of hydrogen-bond donors (Lipinski definition) is 1. The molecule has 164 valence electrons. The molecule has 0 aliphatic carbocycles. The average molecular weight is 465 g/mol. The molecule has 0 atom stereocenters. The predicted octanol–water partition coefficient (Wildman–Crippen LogP) is 3.40. The van der Waals surface area contributed by atoms with Gasteiger partial charge in [0.1, 0.15) is 0 Å². The molecule has 0 spiro atoms. The van der Waals surface area contributed by atoms with Crippen molar-refractivity contribution in [3.8, 4) is 0 Å². The molecule has 31 heavy (non-hydrogen) atoms. The van der Waals surface area contributed by atoms with Crippen molar-refractivity contribution in [3.63, 3.8) is 0 Å². The molecule has 0 unspecified atom stereocenters. The van der Waals surface area contributed by atoms with Gasteiger partial charge in [-0.2, -0.15) is 0 Å². The summed E-state index contributed by atoms with van der Waals surface area (Å²) in [4.78, 5) is 39.5. The molecule has 10 heteroatoms. The van der Waals surface area contributed by atoms with Crippen LogP contribution in [-0.2, 0) is 0 Å². The zero-order valence-corrected chi connectivity index (χ0v) is 18.4. The number of nitro groups is 1. The fourth-order valence-corrected chi connectivity index (χ4v) is 3.89. The Balaban J connectivity index is 1.47. The van der Waals surface area contributed by atoms with Gasteiger partial charge in [-0.1, -0.05) is 29.3 Å². The molecule has 0 saturated carbocycles. The summed E-state index contributed by atoms with van der Waals surface area (Å²) >= 11 is 11.9. The lowest BCUT2D eigenvalue weighted by Gasteiger charge is -2.34. The molecule has 1 N–H and O–H groups in total. The van der Waals surface area contributed by atoms with E-state index in [2.05, 4.69) is 10.2 Å². The summed E-state index contributed by atoms with van der Waals surface area (Å²) in [6.45, 7) is 5.04. The standard InChI is InChI=1S/C21H22Cl2N4O4/c1-14-2-3-15(12-19(14)27(30)31)21(29)26-10-8-25(9-11-26)7-6-24-20(28)17-5-4-16(22)13-18(17)23/h2-5,12-13H,6-11H2,1H3,(H,24,28). The number of hydrogen-bond acceptors (Lipinski definition) is 5. The summed E-state index contributed by atoms with van der Waals surface area (Å²) in [6, 6.07) is 9.27. The van der Waals surface area contributed by atoms with Crippen molar-refractivity contribution in [2.24, 2.45) is 0 Å². The third-order valence-corrected chi connectivity index (χ3v) is 5.75. The minimum absolute atomic E-state index is 0.0546. The molecule has 8 nitrogen and oxygen atoms in total. The van der Waals surface area contributed by atoms with Gasteiger partial charge < -0.3 is 10.2 Å². The van der Waals surface area contributed by atoms with Crippen LogP contribution in [0.15, 0.2) is 36.4 Å². The van der Waals surface area contributed by atoms with E-state index in [1.807, 2.05) is 0 Å². The van der Waals surface area contributed by atoms with Crippen LogP contribution in [-0.4, -0.2) is 65.8 Å². The number of nitrogens with one attached hydrogen (secondary N) is 1. The number of halogens is 2. The van der Waals surface area contributed by atoms with Gasteiger partial charge in [0.15, 0.2) is 0 Å². The zero-order valence-electron chi connectivity index (χ0n) is 16.9. The number of piperazine rings is 1. The SMILES string of the molecule is Cc1ccc(C(=O)N2CCN(CCNC(=O)c3ccc(Cl)cc3Cl)CC2)cc1[N+](=O)[O-]. The maximum atomic E-state index is 12.7. The van der Waals surface area contributed by atoms with Crippen LogP contribution in [0.25, 0.3) is 0 Å². The number of benzene rings is 2. The molecule has 1 fully saturated rings. The van der Waals surface area contributed by atoms with Crippen LogP contribution in [0, 0.1) is 17.0 Å². The molecule has 1 heterocycles. The van der Waals surface area contributed by atoms with Gasteiger partial charge in [0, 0.05) is 61.5 Å². The van der Waals surface area contributed by atoms with Crippen molar-refractivity contribution in [3.05, 3.63) is 73.2 Å². The van der Waals surface area contributed by atoms with E-state index in [4.69, 9.17) is 23.2 Å². The fourth-order valence-electron chi connectivity index (χ4n) is 3.39. The van der Waals surface area contributed by atoms with Gasteiger partial charge in [0.2, 0.25) is 0 Å². The molecule has 2 aromatic carbocycles. The van der Waals surface area contributed by atoms with Crippen molar-refractivity contribution in [2.45, 2.75) is 6.92 Å². The Labute approximate surface area is 189 Å². The molecule has 2 amide bonds. The van der Waals surface area contributed by atoms with E-state index >= 15 is 0 Å². The van der Waals surface area contributed by atoms with Crippen LogP contribution in [0.5, 0.6) is 0 Å². The third-order valence-electron chi connectivity index (χ3n) is 5.20. The first-order valence-corrected chi connectivity index (χ1v) is 10.5. The molecule has 2 aromatic rings. The van der Waals surface area contributed by atoms with E-state index in [1.165, 1.54) is 12.1 Å². The summed E-state index contributed by atoms with van der Waals surface area (Å²) in [5.74, 6) is -0.482. The smallest absolute Gasteiger partial charge is 0.273 e. The van der Waals surface area contributed by atoms with Crippen LogP contribution in [0.1, 0.15) is 26.3 Å². The van der Waals surface area contributed by atoms with E-state index in [-0.39, 0.29) is 17.5 Å². The predicted molar refractivity (Wildman–Crippen MR) is 119 cm³/mol. The van der Waals surface area contributed by atoms with E-state index in [9.17, 15) is 19.7 Å². The van der Waals surface area contributed by atoms with Gasteiger partial charge in [-0.3, -0.25) is 24.6 Å². The number of nitrogens with zero attached hydrogens (tertiary/aromatic N) is 3. The minimum atomic E-state index is -0.477. The highest BCUT2D eigenvalue weighted by Crippen LogP contribution is 2.22. The van der Waals surface area contributed by atoms with Crippen LogP contribution < -0.4 is 5.32 Å². The second-order valence-corrected chi connectivity index (χ2v) is 8.12. The Morgan fingerprint density at radius 1 is 1.10 bits per heavy atom. The number of amides is 2. The van der Waals surface area contributed by atoms with Gasteiger partial charge in [0.05, 0.1) is 15.5 Å².